The summed E-state index contributed by atoms with van der Waals surface area (Å²) in [5, 5.41) is 15.8. The maximum absolute atomic E-state index is 12.3. The quantitative estimate of drug-likeness (QED) is 0.122. The highest BCUT2D eigenvalue weighted by molar-refractivity contribution is 5.84. The van der Waals surface area contributed by atoms with Crippen LogP contribution in [0.15, 0.2) is 119 Å². The van der Waals surface area contributed by atoms with Gasteiger partial charge in [-0.1, -0.05) is 91.0 Å². The number of carbonyl (C=O) groups excluding carboxylic acids is 2. The third-order valence-corrected chi connectivity index (χ3v) is 6.41. The Morgan fingerprint density at radius 2 is 1.39 bits per heavy atom. The maximum Gasteiger partial charge on any atom is 0.334 e. The highest BCUT2D eigenvalue weighted by Crippen LogP contribution is 2.16. The number of amides is 1. The van der Waals surface area contributed by atoms with E-state index in [2.05, 4.69) is 20.9 Å². The second kappa shape index (κ2) is 19.8. The summed E-state index contributed by atoms with van der Waals surface area (Å²) in [5.41, 5.74) is 2.28. The van der Waals surface area contributed by atoms with Crippen molar-refractivity contribution in [1.29, 1.82) is 0 Å². The Bertz CT molecular complexity index is 1610. The lowest BCUT2D eigenvalue weighted by Gasteiger charge is -2.18. The van der Waals surface area contributed by atoms with Crippen molar-refractivity contribution < 1.29 is 19.4 Å². The van der Waals surface area contributed by atoms with Crippen LogP contribution in [0.25, 0.3) is 0 Å². The second-order valence-corrected chi connectivity index (χ2v) is 9.94. The molecule has 46 heavy (non-hydrogen) atoms. The van der Waals surface area contributed by atoms with Crippen LogP contribution in [0.1, 0.15) is 56.5 Å². The fourth-order valence-corrected chi connectivity index (χ4v) is 4.24. The van der Waals surface area contributed by atoms with Gasteiger partial charge in [0.05, 0.1) is 19.2 Å². The normalized spacial score (nSPS) is 11.7. The van der Waals surface area contributed by atoms with Crippen LogP contribution < -0.4 is 27.2 Å². The van der Waals surface area contributed by atoms with Crippen molar-refractivity contribution >= 4 is 17.7 Å². The molecule has 3 aromatic carbocycles. The van der Waals surface area contributed by atoms with Crippen molar-refractivity contribution in [2.75, 3.05) is 19.0 Å². The van der Waals surface area contributed by atoms with Crippen LogP contribution in [-0.2, 0) is 20.9 Å². The van der Waals surface area contributed by atoms with E-state index in [9.17, 15) is 19.2 Å². The van der Waals surface area contributed by atoms with Crippen molar-refractivity contribution in [1.82, 2.24) is 20.2 Å². The number of nitrogens with one attached hydrogen (secondary N) is 4. The molecule has 1 aromatic heterocycles. The van der Waals surface area contributed by atoms with Gasteiger partial charge in [0.2, 0.25) is 5.91 Å². The minimum Gasteiger partial charge on any atom is -0.463 e. The number of aromatic amines is 1. The summed E-state index contributed by atoms with van der Waals surface area (Å²) in [5.74, 6) is -0.00436. The molecule has 0 saturated heterocycles. The van der Waals surface area contributed by atoms with Gasteiger partial charge in [0.1, 0.15) is 11.6 Å². The highest BCUT2D eigenvalue weighted by Gasteiger charge is 2.11. The minimum absolute atomic E-state index is 0.0220. The number of nitrogens with zero attached hydrogens (tertiary/aromatic N) is 1. The van der Waals surface area contributed by atoms with E-state index >= 15 is 0 Å². The van der Waals surface area contributed by atoms with Crippen LogP contribution in [0.5, 0.6) is 0 Å². The Morgan fingerprint density at radius 1 is 0.870 bits per heavy atom. The zero-order valence-electron chi connectivity index (χ0n) is 26.8. The van der Waals surface area contributed by atoms with E-state index in [-0.39, 0.29) is 36.7 Å². The molecule has 1 amide bonds. The number of benzene rings is 3. The van der Waals surface area contributed by atoms with Crippen LogP contribution >= 0.6 is 0 Å². The molecule has 11 nitrogen and oxygen atoms in total. The van der Waals surface area contributed by atoms with Crippen LogP contribution in [-0.4, -0.2) is 40.3 Å². The molecule has 0 bridgehead atoms. The Morgan fingerprint density at radius 3 is 1.89 bits per heavy atom. The van der Waals surface area contributed by atoms with E-state index < -0.39 is 11.7 Å². The molecule has 244 valence electrons. The largest absolute Gasteiger partial charge is 0.463 e. The van der Waals surface area contributed by atoms with Crippen molar-refractivity contribution in [3.8, 4) is 0 Å². The number of aliphatic hydroxyl groups is 1. The van der Waals surface area contributed by atoms with Gasteiger partial charge in [-0.3, -0.25) is 19.1 Å². The average Bonchev–Trinajstić information content (AvgIpc) is 3.05. The van der Waals surface area contributed by atoms with Crippen LogP contribution in [0.4, 0.5) is 5.82 Å². The molecule has 0 aliphatic heterocycles. The molecule has 4 aromatic rings. The summed E-state index contributed by atoms with van der Waals surface area (Å²) in [6.45, 7) is 7.57. The van der Waals surface area contributed by atoms with Crippen LogP contribution in [0.2, 0.25) is 0 Å². The first-order valence-corrected chi connectivity index (χ1v) is 14.8. The number of hydrogen-bond acceptors (Lipinski definition) is 8. The molecule has 4 rings (SSSR count). The Kier molecular flexibility index (Phi) is 15.8. The maximum atomic E-state index is 12.3. The first kappa shape index (κ1) is 36.8. The monoisotopic (exact) mass is 629 g/mol. The molecule has 11 heteroatoms. The fraction of sp³-hybridized carbons (Fsp3) is 0.257. The van der Waals surface area contributed by atoms with E-state index in [0.29, 0.717) is 11.6 Å². The number of H-pyrrole nitrogens is 1. The molecular weight excluding hydrogens is 586 g/mol. The van der Waals surface area contributed by atoms with Gasteiger partial charge >= 0.3 is 11.7 Å². The summed E-state index contributed by atoms with van der Waals surface area (Å²) >= 11 is 0. The summed E-state index contributed by atoms with van der Waals surface area (Å²) in [4.78, 5) is 49.9. The third kappa shape index (κ3) is 12.7. The molecule has 1 heterocycles. The zero-order valence-corrected chi connectivity index (χ0v) is 26.8. The fourth-order valence-electron chi connectivity index (χ4n) is 4.24. The first-order valence-electron chi connectivity index (χ1n) is 14.8. The van der Waals surface area contributed by atoms with Gasteiger partial charge in [-0.05, 0) is 37.5 Å². The lowest BCUT2D eigenvalue weighted by atomic mass is 10.1. The van der Waals surface area contributed by atoms with Gasteiger partial charge in [0.25, 0.3) is 5.56 Å². The number of ether oxygens (including phenoxy) is 1. The van der Waals surface area contributed by atoms with E-state index in [4.69, 9.17) is 9.84 Å². The molecule has 0 aliphatic rings. The topological polar surface area (TPSA) is 155 Å². The lowest BCUT2D eigenvalue weighted by molar-refractivity contribution is -0.137. The van der Waals surface area contributed by atoms with Crippen molar-refractivity contribution in [3.63, 3.8) is 0 Å². The van der Waals surface area contributed by atoms with Gasteiger partial charge in [0.15, 0.2) is 0 Å². The molecule has 0 aliphatic carbocycles. The van der Waals surface area contributed by atoms with Crippen molar-refractivity contribution in [3.05, 3.63) is 146 Å². The molecular formula is C35H43N5O6. The Balaban J connectivity index is 0.000000309. The highest BCUT2D eigenvalue weighted by atomic mass is 16.5. The zero-order chi connectivity index (χ0) is 33.9. The number of rotatable bonds is 11. The number of hydrogen-bond donors (Lipinski definition) is 5. The summed E-state index contributed by atoms with van der Waals surface area (Å²) in [7, 11) is 1.00. The second-order valence-electron chi connectivity index (χ2n) is 9.94. The van der Waals surface area contributed by atoms with E-state index in [0.717, 1.165) is 23.8 Å². The predicted molar refractivity (Wildman–Crippen MR) is 180 cm³/mol. The third-order valence-electron chi connectivity index (χ3n) is 6.41. The SMILES string of the molecule is CCOC(=O)/C=C(\NC(C)=O)N[C@@H](C)c1ccccc1.CO.C[C@H](Nc1cc(=O)n(Cc2ccccc2)c(=O)[nH]1)c1ccccc1. The molecule has 0 unspecified atom stereocenters. The van der Waals surface area contributed by atoms with Gasteiger partial charge in [0, 0.05) is 32.2 Å². The first-order chi connectivity index (χ1) is 22.2. The number of anilines is 1. The Labute approximate surface area is 269 Å². The van der Waals surface area contributed by atoms with Crippen molar-refractivity contribution in [2.24, 2.45) is 0 Å². The smallest absolute Gasteiger partial charge is 0.334 e. The summed E-state index contributed by atoms with van der Waals surface area (Å²) < 4.78 is 6.02. The van der Waals surface area contributed by atoms with E-state index in [1.54, 1.807) is 6.92 Å². The average molecular weight is 630 g/mol. The Hall–Kier alpha value is -5.42. The van der Waals surface area contributed by atoms with Crippen LogP contribution in [0, 0.1) is 0 Å². The van der Waals surface area contributed by atoms with Crippen molar-refractivity contribution in [2.45, 2.75) is 46.3 Å². The molecule has 5 N–H and O–H groups in total. The molecule has 0 radical (unpaired) electrons. The number of carbonyl (C=O) groups is 2. The number of esters is 1. The molecule has 2 atom stereocenters. The lowest BCUT2D eigenvalue weighted by Crippen LogP contribution is -2.35. The standard InChI is InChI=1S/C19H19N3O2.C15H20N2O3.CH4O/c1-14(16-10-6-3-7-11-16)20-17-12-18(23)22(19(24)21-17)13-15-8-4-2-5-9-15;1-4-20-15(19)10-14(17-12(3)18)16-11(2)13-8-6-5-7-9-13;1-2/h2-12,14,20H,13H2,1H3,(H,21,24);5-11,16H,4H2,1-3H3,(H,17,18);2H,1H3/b;14-10-;/t14-;11-;/m00./s1. The number of aliphatic hydroxyl groups excluding tert-OH is 1. The van der Waals surface area contributed by atoms with Gasteiger partial charge in [-0.25, -0.2) is 9.59 Å². The molecule has 0 spiro atoms. The van der Waals surface area contributed by atoms with Gasteiger partial charge in [-0.15, -0.1) is 0 Å². The predicted octanol–water partition coefficient (Wildman–Crippen LogP) is 4.24. The molecule has 0 saturated carbocycles. The summed E-state index contributed by atoms with van der Waals surface area (Å²) in [6.07, 6.45) is 1.24. The van der Waals surface area contributed by atoms with Gasteiger partial charge < -0.3 is 25.8 Å². The summed E-state index contributed by atoms with van der Waals surface area (Å²) in [6, 6.07) is 30.3. The van der Waals surface area contributed by atoms with E-state index in [1.807, 2.05) is 105 Å². The molecule has 0 fully saturated rings. The van der Waals surface area contributed by atoms with Gasteiger partial charge in [-0.2, -0.15) is 0 Å². The number of aromatic nitrogens is 2. The van der Waals surface area contributed by atoms with E-state index in [1.165, 1.54) is 23.6 Å². The van der Waals surface area contributed by atoms with Crippen LogP contribution in [0.3, 0.4) is 0 Å². The minimum atomic E-state index is -0.496.